The van der Waals surface area contributed by atoms with E-state index in [0.29, 0.717) is 24.3 Å². The number of amides is 1. The number of ether oxygens (including phenoxy) is 1. The minimum atomic E-state index is -3.56. The summed E-state index contributed by atoms with van der Waals surface area (Å²) in [6, 6.07) is 14.3. The molecule has 2 aromatic carbocycles. The standard InChI is InChI=1S/C17H18N2O4S/c18-24(21,22)11-12-5-7-15(8-6-12)19-17(20)14-9-13-3-1-2-4-16(13)23-10-14/h1-8,14H,9-11H2,(H,19,20)(H2,18,21,22). The average molecular weight is 346 g/mol. The maximum atomic E-state index is 12.4. The first-order chi connectivity index (χ1) is 11.4. The van der Waals surface area contributed by atoms with Gasteiger partial charge in [-0.25, -0.2) is 13.6 Å². The van der Waals surface area contributed by atoms with Crippen molar-refractivity contribution in [3.63, 3.8) is 0 Å². The Balaban J connectivity index is 1.63. The molecule has 0 bridgehead atoms. The average Bonchev–Trinajstić information content (AvgIpc) is 2.55. The Labute approximate surface area is 140 Å². The van der Waals surface area contributed by atoms with E-state index in [2.05, 4.69) is 5.32 Å². The van der Waals surface area contributed by atoms with Crippen molar-refractivity contribution < 1.29 is 17.9 Å². The number of primary sulfonamides is 1. The molecule has 2 aromatic rings. The summed E-state index contributed by atoms with van der Waals surface area (Å²) >= 11 is 0. The fourth-order valence-electron chi connectivity index (χ4n) is 2.66. The molecule has 3 rings (SSSR count). The van der Waals surface area contributed by atoms with Crippen LogP contribution in [0.25, 0.3) is 0 Å². The van der Waals surface area contributed by atoms with E-state index in [4.69, 9.17) is 9.88 Å². The number of anilines is 1. The van der Waals surface area contributed by atoms with Gasteiger partial charge in [-0.15, -0.1) is 0 Å². The Morgan fingerprint density at radius 3 is 2.58 bits per heavy atom. The van der Waals surface area contributed by atoms with Gasteiger partial charge in [-0.3, -0.25) is 4.79 Å². The Morgan fingerprint density at radius 1 is 1.17 bits per heavy atom. The fourth-order valence-corrected chi connectivity index (χ4v) is 3.31. The molecule has 6 nitrogen and oxygen atoms in total. The van der Waals surface area contributed by atoms with Gasteiger partial charge in [0.1, 0.15) is 12.4 Å². The lowest BCUT2D eigenvalue weighted by atomic mass is 9.96. The van der Waals surface area contributed by atoms with Gasteiger partial charge < -0.3 is 10.1 Å². The van der Waals surface area contributed by atoms with Gasteiger partial charge in [-0.2, -0.15) is 0 Å². The van der Waals surface area contributed by atoms with Crippen LogP contribution < -0.4 is 15.2 Å². The topological polar surface area (TPSA) is 98.5 Å². The molecular weight excluding hydrogens is 328 g/mol. The third-order valence-electron chi connectivity index (χ3n) is 3.84. The normalized spacial score (nSPS) is 16.8. The number of carbonyl (C=O) groups excluding carboxylic acids is 1. The van der Waals surface area contributed by atoms with Crippen LogP contribution in [0.15, 0.2) is 48.5 Å². The Bertz CT molecular complexity index is 847. The summed E-state index contributed by atoms with van der Waals surface area (Å²) in [5.41, 5.74) is 2.20. The van der Waals surface area contributed by atoms with Crippen LogP contribution >= 0.6 is 0 Å². The van der Waals surface area contributed by atoms with Gasteiger partial charge in [-0.1, -0.05) is 30.3 Å². The van der Waals surface area contributed by atoms with Crippen LogP contribution in [0.5, 0.6) is 5.75 Å². The molecule has 1 unspecified atom stereocenters. The quantitative estimate of drug-likeness (QED) is 0.879. The fraction of sp³-hybridized carbons (Fsp3) is 0.235. The smallest absolute Gasteiger partial charge is 0.231 e. The van der Waals surface area contributed by atoms with Crippen molar-refractivity contribution in [1.82, 2.24) is 0 Å². The van der Waals surface area contributed by atoms with Gasteiger partial charge in [0.25, 0.3) is 0 Å². The Kier molecular flexibility index (Phi) is 4.55. The number of nitrogens with two attached hydrogens (primary N) is 1. The third-order valence-corrected chi connectivity index (χ3v) is 4.57. The third kappa shape index (κ3) is 4.12. The van der Waals surface area contributed by atoms with E-state index in [9.17, 15) is 13.2 Å². The number of fused-ring (bicyclic) bond motifs is 1. The van der Waals surface area contributed by atoms with Gasteiger partial charge in [-0.05, 0) is 35.7 Å². The van der Waals surface area contributed by atoms with Crippen LogP contribution in [0, 0.1) is 5.92 Å². The summed E-state index contributed by atoms with van der Waals surface area (Å²) < 4.78 is 27.8. The lowest BCUT2D eigenvalue weighted by Gasteiger charge is -2.24. The molecule has 1 atom stereocenters. The molecule has 3 N–H and O–H groups in total. The number of hydrogen-bond donors (Lipinski definition) is 2. The molecule has 24 heavy (non-hydrogen) atoms. The molecule has 0 fully saturated rings. The maximum Gasteiger partial charge on any atom is 0.231 e. The molecule has 1 amide bonds. The molecular formula is C17H18N2O4S. The lowest BCUT2D eigenvalue weighted by molar-refractivity contribution is -0.121. The van der Waals surface area contributed by atoms with Crippen molar-refractivity contribution in [2.45, 2.75) is 12.2 Å². The molecule has 0 aliphatic carbocycles. The van der Waals surface area contributed by atoms with Gasteiger partial charge in [0.15, 0.2) is 0 Å². The first kappa shape index (κ1) is 16.5. The number of para-hydroxylation sites is 1. The van der Waals surface area contributed by atoms with Crippen molar-refractivity contribution in [2.75, 3.05) is 11.9 Å². The summed E-state index contributed by atoms with van der Waals surface area (Å²) in [6.07, 6.45) is 0.630. The second-order valence-electron chi connectivity index (χ2n) is 5.81. The number of sulfonamides is 1. The number of carbonyl (C=O) groups is 1. The predicted octanol–water partition coefficient (Wildman–Crippen LogP) is 1.66. The minimum Gasteiger partial charge on any atom is -0.492 e. The molecule has 1 aliphatic heterocycles. The highest BCUT2D eigenvalue weighted by atomic mass is 32.2. The van der Waals surface area contributed by atoms with Crippen molar-refractivity contribution in [3.8, 4) is 5.75 Å². The van der Waals surface area contributed by atoms with Crippen LogP contribution in [-0.4, -0.2) is 20.9 Å². The predicted molar refractivity (Wildman–Crippen MR) is 91.0 cm³/mol. The van der Waals surface area contributed by atoms with E-state index >= 15 is 0 Å². The molecule has 0 aromatic heterocycles. The lowest BCUT2D eigenvalue weighted by Crippen LogP contribution is -2.32. The van der Waals surface area contributed by atoms with Crippen molar-refractivity contribution >= 4 is 21.6 Å². The summed E-state index contributed by atoms with van der Waals surface area (Å²) in [6.45, 7) is 0.340. The largest absolute Gasteiger partial charge is 0.492 e. The number of nitrogens with one attached hydrogen (secondary N) is 1. The van der Waals surface area contributed by atoms with E-state index in [1.165, 1.54) is 0 Å². The van der Waals surface area contributed by atoms with Crippen molar-refractivity contribution in [2.24, 2.45) is 11.1 Å². The summed E-state index contributed by atoms with van der Waals surface area (Å²) in [7, 11) is -3.56. The minimum absolute atomic E-state index is 0.122. The van der Waals surface area contributed by atoms with Crippen molar-refractivity contribution in [3.05, 3.63) is 59.7 Å². The molecule has 1 aliphatic rings. The van der Waals surface area contributed by atoms with E-state index < -0.39 is 10.0 Å². The van der Waals surface area contributed by atoms with Crippen LogP contribution in [0.1, 0.15) is 11.1 Å². The summed E-state index contributed by atoms with van der Waals surface area (Å²) in [4.78, 5) is 12.4. The number of hydrogen-bond acceptors (Lipinski definition) is 4. The van der Waals surface area contributed by atoms with Crippen LogP contribution in [-0.2, 0) is 27.0 Å². The Morgan fingerprint density at radius 2 is 1.88 bits per heavy atom. The highest BCUT2D eigenvalue weighted by Crippen LogP contribution is 2.27. The zero-order valence-corrected chi connectivity index (χ0v) is 13.8. The summed E-state index contributed by atoms with van der Waals surface area (Å²) in [5, 5.41) is 7.84. The second-order valence-corrected chi connectivity index (χ2v) is 7.43. The SMILES string of the molecule is NS(=O)(=O)Cc1ccc(NC(=O)C2COc3ccccc3C2)cc1. The monoisotopic (exact) mass is 346 g/mol. The Hall–Kier alpha value is -2.38. The second kappa shape index (κ2) is 6.62. The van der Waals surface area contributed by atoms with E-state index in [1.54, 1.807) is 24.3 Å². The summed E-state index contributed by atoms with van der Waals surface area (Å²) in [5.74, 6) is 0.218. The first-order valence-electron chi connectivity index (χ1n) is 7.52. The molecule has 0 spiro atoms. The van der Waals surface area contributed by atoms with Gasteiger partial charge in [0.05, 0.1) is 11.7 Å². The van der Waals surface area contributed by atoms with Gasteiger partial charge in [0, 0.05) is 5.69 Å². The molecule has 126 valence electrons. The zero-order valence-electron chi connectivity index (χ0n) is 12.9. The maximum absolute atomic E-state index is 12.4. The number of benzene rings is 2. The van der Waals surface area contributed by atoms with Crippen LogP contribution in [0.4, 0.5) is 5.69 Å². The molecule has 1 heterocycles. The van der Waals surface area contributed by atoms with Gasteiger partial charge in [0.2, 0.25) is 15.9 Å². The molecule has 0 saturated carbocycles. The van der Waals surface area contributed by atoms with Crippen molar-refractivity contribution in [1.29, 1.82) is 0 Å². The molecule has 0 radical (unpaired) electrons. The number of rotatable bonds is 4. The van der Waals surface area contributed by atoms with E-state index in [0.717, 1.165) is 11.3 Å². The highest BCUT2D eigenvalue weighted by molar-refractivity contribution is 7.88. The van der Waals surface area contributed by atoms with E-state index in [1.807, 2.05) is 24.3 Å². The van der Waals surface area contributed by atoms with Gasteiger partial charge >= 0.3 is 0 Å². The molecule has 0 saturated heterocycles. The molecule has 7 heteroatoms. The highest BCUT2D eigenvalue weighted by Gasteiger charge is 2.25. The van der Waals surface area contributed by atoms with E-state index in [-0.39, 0.29) is 17.6 Å². The van der Waals surface area contributed by atoms with Crippen LogP contribution in [0.2, 0.25) is 0 Å². The van der Waals surface area contributed by atoms with Crippen LogP contribution in [0.3, 0.4) is 0 Å². The zero-order chi connectivity index (χ0) is 17.2. The first-order valence-corrected chi connectivity index (χ1v) is 9.23.